The van der Waals surface area contributed by atoms with Gasteiger partial charge >= 0.3 is 0 Å². The minimum atomic E-state index is -3.63. The first kappa shape index (κ1) is 33.6. The van der Waals surface area contributed by atoms with Crippen molar-refractivity contribution < 1.29 is 18.0 Å². The molecule has 0 fully saturated rings. The van der Waals surface area contributed by atoms with E-state index >= 15 is 0 Å². The Morgan fingerprint density at radius 1 is 0.952 bits per heavy atom. The van der Waals surface area contributed by atoms with E-state index in [1.807, 2.05) is 54.6 Å². The number of carbonyl (C=O) groups is 2. The molecule has 0 saturated heterocycles. The molecule has 0 spiro atoms. The highest BCUT2D eigenvalue weighted by Gasteiger charge is 2.30. The van der Waals surface area contributed by atoms with Crippen LogP contribution in [0.2, 0.25) is 5.02 Å². The normalized spacial score (nSPS) is 12.0. The third kappa shape index (κ3) is 9.85. The summed E-state index contributed by atoms with van der Waals surface area (Å²) in [5.41, 5.74) is 2.97. The number of amides is 2. The summed E-state index contributed by atoms with van der Waals surface area (Å²) in [6.07, 6.45) is 3.62. The van der Waals surface area contributed by atoms with Crippen molar-refractivity contribution in [3.63, 3.8) is 0 Å². The topological polar surface area (TPSA) is 86.8 Å². The average molecular weight is 677 g/mol. The maximum absolute atomic E-state index is 13.9. The Labute approximate surface area is 263 Å². The second kappa shape index (κ2) is 16.1. The molecule has 3 rings (SSSR count). The lowest BCUT2D eigenvalue weighted by atomic mass is 10.0. The molecule has 1 N–H and O–H groups in total. The number of sulfonamides is 1. The molecule has 0 aliphatic rings. The minimum Gasteiger partial charge on any atom is -0.354 e. The van der Waals surface area contributed by atoms with Gasteiger partial charge in [0.15, 0.2) is 0 Å². The highest BCUT2D eigenvalue weighted by Crippen LogP contribution is 2.28. The summed E-state index contributed by atoms with van der Waals surface area (Å²) in [7, 11) is -3.63. The summed E-state index contributed by atoms with van der Waals surface area (Å²) in [6, 6.07) is 21.7. The molecule has 0 heterocycles. The molecule has 0 aliphatic heterocycles. The van der Waals surface area contributed by atoms with E-state index in [1.165, 1.54) is 4.31 Å². The third-order valence-corrected chi connectivity index (χ3v) is 9.14. The van der Waals surface area contributed by atoms with Crippen molar-refractivity contribution in [2.24, 2.45) is 0 Å². The molecular weight excluding hydrogens is 638 g/mol. The van der Waals surface area contributed by atoms with Crippen molar-refractivity contribution in [2.75, 3.05) is 23.7 Å². The monoisotopic (exact) mass is 675 g/mol. The molecule has 0 aromatic heterocycles. The second-order valence-electron chi connectivity index (χ2n) is 10.3. The highest BCUT2D eigenvalue weighted by molar-refractivity contribution is 9.10. The van der Waals surface area contributed by atoms with Gasteiger partial charge in [-0.3, -0.25) is 13.9 Å². The molecule has 3 aromatic carbocycles. The molecular formula is C32H39BrClN3O4S. The number of nitrogens with one attached hydrogen (secondary N) is 1. The largest absolute Gasteiger partial charge is 0.354 e. The number of carbonyl (C=O) groups excluding carboxylic acids is 2. The first-order valence-corrected chi connectivity index (χ1v) is 17.1. The van der Waals surface area contributed by atoms with E-state index in [9.17, 15) is 18.0 Å². The summed E-state index contributed by atoms with van der Waals surface area (Å²) in [5.74, 6) is -0.425. The van der Waals surface area contributed by atoms with Crippen molar-refractivity contribution >= 4 is 55.1 Å². The lowest BCUT2D eigenvalue weighted by Gasteiger charge is -2.32. The number of nitrogens with zero attached hydrogens (tertiary/aromatic N) is 2. The van der Waals surface area contributed by atoms with E-state index in [2.05, 4.69) is 28.2 Å². The number of benzene rings is 3. The predicted octanol–water partition coefficient (Wildman–Crippen LogP) is 6.51. The van der Waals surface area contributed by atoms with Crippen molar-refractivity contribution in [3.05, 3.63) is 99.0 Å². The van der Waals surface area contributed by atoms with Crippen LogP contribution in [0.5, 0.6) is 0 Å². The summed E-state index contributed by atoms with van der Waals surface area (Å²) in [4.78, 5) is 29.1. The number of anilines is 1. The van der Waals surface area contributed by atoms with Gasteiger partial charge in [-0.25, -0.2) is 8.42 Å². The molecule has 0 radical (unpaired) electrons. The molecule has 7 nitrogen and oxygen atoms in total. The molecule has 3 aromatic rings. The highest BCUT2D eigenvalue weighted by atomic mass is 79.9. The summed E-state index contributed by atoms with van der Waals surface area (Å²) >= 11 is 9.73. The van der Waals surface area contributed by atoms with E-state index in [0.717, 1.165) is 34.7 Å². The zero-order chi connectivity index (χ0) is 30.7. The minimum absolute atomic E-state index is 0.0652. The summed E-state index contributed by atoms with van der Waals surface area (Å²) < 4.78 is 27.7. The van der Waals surface area contributed by atoms with Crippen LogP contribution >= 0.6 is 27.5 Å². The summed E-state index contributed by atoms with van der Waals surface area (Å²) in [5, 5.41) is 3.49. The first-order valence-electron chi connectivity index (χ1n) is 14.1. The number of hydrogen-bond acceptors (Lipinski definition) is 4. The van der Waals surface area contributed by atoms with Gasteiger partial charge in [0, 0.05) is 42.0 Å². The second-order valence-corrected chi connectivity index (χ2v) is 13.6. The quantitative estimate of drug-likeness (QED) is 0.186. The fourth-order valence-corrected chi connectivity index (χ4v) is 6.15. The van der Waals surface area contributed by atoms with Gasteiger partial charge in [-0.05, 0) is 60.7 Å². The Balaban J connectivity index is 1.88. The predicted molar refractivity (Wildman–Crippen MR) is 174 cm³/mol. The van der Waals surface area contributed by atoms with Gasteiger partial charge in [-0.15, -0.1) is 0 Å². The van der Waals surface area contributed by atoms with Crippen LogP contribution < -0.4 is 9.62 Å². The Morgan fingerprint density at radius 2 is 1.64 bits per heavy atom. The van der Waals surface area contributed by atoms with E-state index in [1.54, 1.807) is 30.0 Å². The maximum Gasteiger partial charge on any atom is 0.243 e. The standard InChI is InChI=1S/C32H39BrClN3O4S/c1-4-5-20-35-32(39)30(22-25-11-7-6-8-12-25)36(23-26-16-18-27(33)19-17-26)31(38)15-10-21-37(42(3,40)41)29-14-9-13-28(34)24(29)2/h6-9,11-14,16-19,30H,4-5,10,15,20-23H2,1-3H3,(H,35,39)/t30-/m0/s1. The van der Waals surface area contributed by atoms with Gasteiger partial charge in [0.25, 0.3) is 0 Å². The maximum atomic E-state index is 13.9. The third-order valence-electron chi connectivity index (χ3n) is 7.03. The number of hydrogen-bond donors (Lipinski definition) is 1. The van der Waals surface area contributed by atoms with Gasteiger partial charge < -0.3 is 10.2 Å². The van der Waals surface area contributed by atoms with E-state index in [4.69, 9.17) is 11.6 Å². The Morgan fingerprint density at radius 3 is 2.29 bits per heavy atom. The van der Waals surface area contributed by atoms with Crippen LogP contribution in [0.4, 0.5) is 5.69 Å². The smallest absolute Gasteiger partial charge is 0.243 e. The fraction of sp³-hybridized carbons (Fsp3) is 0.375. The molecule has 10 heteroatoms. The molecule has 1 atom stereocenters. The van der Waals surface area contributed by atoms with Crippen LogP contribution in [0.3, 0.4) is 0 Å². The van der Waals surface area contributed by atoms with E-state index in [0.29, 0.717) is 29.2 Å². The number of halogens is 2. The van der Waals surface area contributed by atoms with Crippen LogP contribution in [0.25, 0.3) is 0 Å². The molecule has 2 amide bonds. The molecule has 226 valence electrons. The van der Waals surface area contributed by atoms with Gasteiger partial charge in [0.1, 0.15) is 6.04 Å². The van der Waals surface area contributed by atoms with E-state index < -0.39 is 16.1 Å². The van der Waals surface area contributed by atoms with E-state index in [-0.39, 0.29) is 37.7 Å². The Bertz CT molecular complexity index is 1440. The summed E-state index contributed by atoms with van der Waals surface area (Å²) in [6.45, 7) is 4.70. The fourth-order valence-electron chi connectivity index (χ4n) is 4.70. The van der Waals surface area contributed by atoms with Gasteiger partial charge in [0.2, 0.25) is 21.8 Å². The number of unbranched alkanes of at least 4 members (excludes halogenated alkanes) is 1. The SMILES string of the molecule is CCCCNC(=O)[C@H](Cc1ccccc1)N(Cc1ccc(Br)cc1)C(=O)CCCN(c1cccc(Cl)c1C)S(C)(=O)=O. The molecule has 0 unspecified atom stereocenters. The van der Waals surface area contributed by atoms with Crippen LogP contribution in [0.1, 0.15) is 49.3 Å². The lowest BCUT2D eigenvalue weighted by Crippen LogP contribution is -2.50. The van der Waals surface area contributed by atoms with Crippen molar-refractivity contribution in [2.45, 2.75) is 58.5 Å². The molecule has 0 aliphatic carbocycles. The van der Waals surface area contributed by atoms with Crippen molar-refractivity contribution in [1.29, 1.82) is 0 Å². The van der Waals surface area contributed by atoms with Crippen LogP contribution in [0, 0.1) is 6.92 Å². The Kier molecular flexibility index (Phi) is 12.9. The molecule has 42 heavy (non-hydrogen) atoms. The zero-order valence-electron chi connectivity index (χ0n) is 24.4. The molecule has 0 saturated carbocycles. The van der Waals surface area contributed by atoms with Crippen LogP contribution in [0.15, 0.2) is 77.3 Å². The van der Waals surface area contributed by atoms with Crippen molar-refractivity contribution in [1.82, 2.24) is 10.2 Å². The van der Waals surface area contributed by atoms with Gasteiger partial charge in [-0.2, -0.15) is 0 Å². The zero-order valence-corrected chi connectivity index (χ0v) is 27.5. The lowest BCUT2D eigenvalue weighted by molar-refractivity contribution is -0.141. The van der Waals surface area contributed by atoms with Gasteiger partial charge in [0.05, 0.1) is 11.9 Å². The van der Waals surface area contributed by atoms with Gasteiger partial charge in [-0.1, -0.05) is 89.4 Å². The van der Waals surface area contributed by atoms with Crippen LogP contribution in [-0.4, -0.2) is 50.5 Å². The van der Waals surface area contributed by atoms with Crippen LogP contribution in [-0.2, 0) is 32.6 Å². The molecule has 0 bridgehead atoms. The first-order chi connectivity index (χ1) is 20.0. The number of rotatable bonds is 15. The average Bonchev–Trinajstić information content (AvgIpc) is 2.95. The van der Waals surface area contributed by atoms with Crippen molar-refractivity contribution in [3.8, 4) is 0 Å². The Hall–Kier alpha value is -2.88.